The standard InChI is InChI=1S/C31H36P2.C5.Fe/c1-25(32(26-15-6-2-7-16-26)27-17-8-3-9-18-27)30-23-14-24-31(30)33(28-19-10-4-11-20-28)29-21-12-5-13-22-29;1-2-4-5-3-1;/h2-3,6-9,15-18,25,28-29H,4-5,10-13,19-22H2,1H3;;/q2*-1;+2/t25-;;/m0../s1. The summed E-state index contributed by atoms with van der Waals surface area (Å²) in [6.45, 7) is 2.46. The maximum Gasteiger partial charge on any atom is 2.00 e. The zero-order chi connectivity index (χ0) is 26.0. The van der Waals surface area contributed by atoms with Crippen molar-refractivity contribution in [3.8, 4) is 0 Å². The summed E-state index contributed by atoms with van der Waals surface area (Å²) in [4.78, 5) is 0. The Hall–Kier alpha value is -1.89. The van der Waals surface area contributed by atoms with Crippen LogP contribution in [0.4, 0.5) is 0 Å². The Kier molecular flexibility index (Phi) is 12.2. The number of hydrogen-bond donors (Lipinski definition) is 0. The third-order valence-corrected chi connectivity index (χ3v) is 14.2. The zero-order valence-corrected chi connectivity index (χ0v) is 25.7. The Morgan fingerprint density at radius 2 is 1.56 bits per heavy atom. The number of rotatable bonds is 7. The van der Waals surface area contributed by atoms with Gasteiger partial charge in [-0.1, -0.05) is 103 Å². The first-order valence-electron chi connectivity index (χ1n) is 14.3. The van der Waals surface area contributed by atoms with Gasteiger partial charge in [0, 0.05) is 16.5 Å². The maximum absolute atomic E-state index is 3.70. The fraction of sp³-hybridized carbons (Fsp3) is 0.389. The third-order valence-electron chi connectivity index (χ3n) is 8.01. The van der Waals surface area contributed by atoms with E-state index in [1.807, 2.05) is 0 Å². The quantitative estimate of drug-likeness (QED) is 0.129. The van der Waals surface area contributed by atoms with Crippen molar-refractivity contribution in [1.29, 1.82) is 0 Å². The van der Waals surface area contributed by atoms with Gasteiger partial charge in [-0.3, -0.25) is 11.5 Å². The molecule has 0 spiro atoms. The largest absolute Gasteiger partial charge is 2.00 e. The molecule has 2 atom stereocenters. The average Bonchev–Trinajstić information content (AvgIpc) is 3.72. The second kappa shape index (κ2) is 15.8. The van der Waals surface area contributed by atoms with Crippen molar-refractivity contribution >= 4 is 21.1 Å². The van der Waals surface area contributed by atoms with Gasteiger partial charge < -0.3 is 0 Å². The van der Waals surface area contributed by atoms with Crippen molar-refractivity contribution in [2.75, 3.05) is 0 Å². The molecule has 0 heterocycles. The molecule has 0 aromatic heterocycles. The van der Waals surface area contributed by atoms with Crippen LogP contribution in [0.25, 0.3) is 0 Å². The van der Waals surface area contributed by atoms with Crippen LogP contribution < -0.4 is 5.30 Å². The van der Waals surface area contributed by atoms with Gasteiger partial charge in [0.25, 0.3) is 0 Å². The van der Waals surface area contributed by atoms with Crippen LogP contribution in [0, 0.1) is 25.0 Å². The van der Waals surface area contributed by atoms with Crippen LogP contribution in [0.3, 0.4) is 0 Å². The summed E-state index contributed by atoms with van der Waals surface area (Å²) < 4.78 is 0. The van der Waals surface area contributed by atoms with E-state index in [1.54, 1.807) is 5.31 Å². The molecule has 198 valence electrons. The SMILES string of the molecule is C[C@@H](C1=C=C=C=C1P(C1CCCCC1)C1CCCCC1)P(C1=C[CH]C=C[CH-]1)c1ccccc1.[C]1=C=C=C=[C-]1.[Fe+2]. The van der Waals surface area contributed by atoms with E-state index in [1.165, 1.54) is 80.4 Å². The first kappa shape index (κ1) is 30.1. The minimum Gasteiger partial charge on any atom is -0.288 e. The summed E-state index contributed by atoms with van der Waals surface area (Å²) in [5.74, 6) is 0. The molecular weight excluding hydrogens is 550 g/mol. The molecular formula is C36H36FeP2. The Bertz CT molecular complexity index is 1280. The first-order valence-corrected chi connectivity index (χ1v) is 17.2. The van der Waals surface area contributed by atoms with Crippen molar-refractivity contribution in [1.82, 2.24) is 0 Å². The van der Waals surface area contributed by atoms with Crippen molar-refractivity contribution in [3.63, 3.8) is 0 Å². The molecule has 2 radical (unpaired) electrons. The average molecular weight is 586 g/mol. The van der Waals surface area contributed by atoms with Crippen LogP contribution in [0.15, 0.2) is 99.1 Å². The third kappa shape index (κ3) is 7.86. The molecule has 1 aromatic rings. The predicted molar refractivity (Wildman–Crippen MR) is 164 cm³/mol. The number of benzene rings is 1. The van der Waals surface area contributed by atoms with E-state index in [-0.39, 0.29) is 25.0 Å². The minimum atomic E-state index is -0.499. The summed E-state index contributed by atoms with van der Waals surface area (Å²) in [7, 11) is -0.678. The Balaban J connectivity index is 0.000000530. The molecule has 5 aliphatic rings. The molecule has 1 aromatic carbocycles. The van der Waals surface area contributed by atoms with Gasteiger partial charge >= 0.3 is 17.1 Å². The van der Waals surface area contributed by atoms with Crippen LogP contribution in [0.2, 0.25) is 0 Å². The van der Waals surface area contributed by atoms with E-state index in [4.69, 9.17) is 0 Å². The normalized spacial score (nSPS) is 21.0. The monoisotopic (exact) mass is 586 g/mol. The molecule has 0 amide bonds. The van der Waals surface area contributed by atoms with Crippen molar-refractivity contribution in [2.24, 2.45) is 0 Å². The molecule has 1 unspecified atom stereocenters. The molecule has 2 saturated carbocycles. The molecule has 5 aliphatic carbocycles. The molecule has 0 saturated heterocycles. The summed E-state index contributed by atoms with van der Waals surface area (Å²) >= 11 is 0. The number of allylic oxidation sites excluding steroid dienone is 8. The summed E-state index contributed by atoms with van der Waals surface area (Å²) in [6.07, 6.45) is 30.5. The van der Waals surface area contributed by atoms with Crippen LogP contribution in [-0.4, -0.2) is 17.0 Å². The van der Waals surface area contributed by atoms with Crippen molar-refractivity contribution < 1.29 is 17.1 Å². The fourth-order valence-corrected chi connectivity index (χ4v) is 12.8. The van der Waals surface area contributed by atoms with Gasteiger partial charge in [0.05, 0.1) is 0 Å². The molecule has 2 fully saturated rings. The zero-order valence-electron chi connectivity index (χ0n) is 22.8. The van der Waals surface area contributed by atoms with Crippen molar-refractivity contribution in [3.05, 3.63) is 124 Å². The van der Waals surface area contributed by atoms with Crippen LogP contribution in [-0.2, 0) is 17.1 Å². The van der Waals surface area contributed by atoms with Gasteiger partial charge in [-0.2, -0.15) is 24.6 Å². The smallest absolute Gasteiger partial charge is 0.288 e. The van der Waals surface area contributed by atoms with Gasteiger partial charge in [-0.25, -0.2) is 5.73 Å². The van der Waals surface area contributed by atoms with Gasteiger partial charge in [0.1, 0.15) is 0 Å². The Morgan fingerprint density at radius 1 is 0.872 bits per heavy atom. The van der Waals surface area contributed by atoms with E-state index in [2.05, 4.69) is 115 Å². The first-order chi connectivity index (χ1) is 18.8. The topological polar surface area (TPSA) is 0 Å². The van der Waals surface area contributed by atoms with E-state index < -0.39 is 7.92 Å². The molecule has 39 heavy (non-hydrogen) atoms. The second-order valence-corrected chi connectivity index (χ2v) is 15.7. The molecule has 0 N–H and O–H groups in total. The van der Waals surface area contributed by atoms with Gasteiger partial charge in [-0.15, -0.1) is 23.9 Å². The van der Waals surface area contributed by atoms with E-state index in [0.29, 0.717) is 5.66 Å². The second-order valence-electron chi connectivity index (χ2n) is 10.5. The number of hydrogen-bond acceptors (Lipinski definition) is 0. The van der Waals surface area contributed by atoms with Crippen molar-refractivity contribution in [2.45, 2.75) is 88.1 Å². The molecule has 0 bridgehead atoms. The fourth-order valence-electron chi connectivity index (χ4n) is 6.23. The summed E-state index contributed by atoms with van der Waals surface area (Å²) in [5.41, 5.74) is 21.9. The van der Waals surface area contributed by atoms with Gasteiger partial charge in [0.15, 0.2) is 0 Å². The Morgan fingerprint density at radius 3 is 2.10 bits per heavy atom. The van der Waals surface area contributed by atoms with Gasteiger partial charge in [-0.05, 0) is 48.0 Å². The molecule has 3 heteroatoms. The molecule has 6 rings (SSSR count). The maximum atomic E-state index is 3.70. The van der Waals surface area contributed by atoms with E-state index in [0.717, 1.165) is 11.3 Å². The summed E-state index contributed by atoms with van der Waals surface area (Å²) in [6, 6.07) is 11.2. The van der Waals surface area contributed by atoms with Crippen LogP contribution in [0.5, 0.6) is 0 Å². The predicted octanol–water partition coefficient (Wildman–Crippen LogP) is 9.55. The van der Waals surface area contributed by atoms with E-state index >= 15 is 0 Å². The molecule has 0 nitrogen and oxygen atoms in total. The van der Waals surface area contributed by atoms with Crippen LogP contribution >= 0.6 is 15.8 Å². The Labute approximate surface area is 249 Å². The summed E-state index contributed by atoms with van der Waals surface area (Å²) in [5, 5.41) is 4.48. The van der Waals surface area contributed by atoms with Gasteiger partial charge in [0.2, 0.25) is 0 Å². The van der Waals surface area contributed by atoms with E-state index in [9.17, 15) is 0 Å². The molecule has 0 aliphatic heterocycles. The van der Waals surface area contributed by atoms with Crippen LogP contribution in [0.1, 0.15) is 71.1 Å². The minimum absolute atomic E-state index is 0.